The van der Waals surface area contributed by atoms with Crippen LogP contribution in [-0.2, 0) is 27.5 Å². The van der Waals surface area contributed by atoms with Gasteiger partial charge in [-0.25, -0.2) is 4.74 Å². The van der Waals surface area contributed by atoms with Crippen molar-refractivity contribution in [2.24, 2.45) is 0 Å². The summed E-state index contributed by atoms with van der Waals surface area (Å²) in [5.74, 6) is -2.20. The first-order chi connectivity index (χ1) is 16.5. The molecule has 0 radical (unpaired) electrons. The number of amides is 1. The van der Waals surface area contributed by atoms with Crippen molar-refractivity contribution in [1.82, 2.24) is 0 Å². The third-order valence-corrected chi connectivity index (χ3v) is 12.2. The van der Waals surface area contributed by atoms with Crippen molar-refractivity contribution in [1.29, 1.82) is 0 Å². The van der Waals surface area contributed by atoms with Crippen LogP contribution in [0, 0.1) is 0 Å². The minimum absolute atomic E-state index is 0.0309. The van der Waals surface area contributed by atoms with Gasteiger partial charge in [0.05, 0.1) is 0 Å². The van der Waals surface area contributed by atoms with Crippen molar-refractivity contribution in [2.45, 2.75) is 56.0 Å². The molecule has 0 unspecified atom stereocenters. The number of rotatable bonds is 16. The smallest absolute Gasteiger partial charge is 0.377 e. The fourth-order valence-corrected chi connectivity index (χ4v) is 9.79. The van der Waals surface area contributed by atoms with Crippen LogP contribution >= 0.6 is 0 Å². The molecule has 0 heterocycles. The summed E-state index contributed by atoms with van der Waals surface area (Å²) in [6.45, 7) is 3.81. The van der Waals surface area contributed by atoms with E-state index in [0.29, 0.717) is 23.0 Å². The third-order valence-electron chi connectivity index (χ3n) is 5.69. The lowest BCUT2D eigenvalue weighted by molar-refractivity contribution is -0.467. The van der Waals surface area contributed by atoms with Gasteiger partial charge in [0.1, 0.15) is 0 Å². The maximum absolute atomic E-state index is 14.4. The first-order valence-corrected chi connectivity index (χ1v) is 16.3. The fraction of sp³-hybridized carbons (Fsp3) is 0.667. The van der Waals surface area contributed by atoms with E-state index in [0.717, 1.165) is 0 Å². The standard InChI is InChI=1S/C21H33F6NO6Si2/c1-30-20(24,25)21(26,27)34-19(22,23)18(29)28(17-11-8-7-9-12-17)13-10-14-35(5,6)15-16-36(31-2,32-3)33-4/h7-9,11-12H,10,13-16H2,1-6H3. The highest BCUT2D eigenvalue weighted by molar-refractivity contribution is 6.79. The molecule has 1 aromatic rings. The topological polar surface area (TPSA) is 66.5 Å². The van der Waals surface area contributed by atoms with Gasteiger partial charge in [-0.2, -0.15) is 26.3 Å². The van der Waals surface area contributed by atoms with Crippen molar-refractivity contribution in [3.05, 3.63) is 30.3 Å². The van der Waals surface area contributed by atoms with Crippen molar-refractivity contribution in [3.8, 4) is 0 Å². The number of benzene rings is 1. The van der Waals surface area contributed by atoms with Crippen molar-refractivity contribution in [2.75, 3.05) is 39.9 Å². The SMILES string of the molecule is COC(F)(F)C(F)(F)OC(F)(F)C(=O)N(CCC[Si](C)(C)CC[Si](OC)(OC)OC)c1ccccc1. The Morgan fingerprint density at radius 3 is 1.83 bits per heavy atom. The molecule has 0 aliphatic heterocycles. The largest absolute Gasteiger partial charge is 0.499 e. The highest BCUT2D eigenvalue weighted by Crippen LogP contribution is 2.40. The van der Waals surface area contributed by atoms with Crippen LogP contribution in [0.1, 0.15) is 6.42 Å². The maximum atomic E-state index is 14.4. The van der Waals surface area contributed by atoms with Gasteiger partial charge < -0.3 is 22.9 Å². The number of halogens is 6. The lowest BCUT2D eigenvalue weighted by Gasteiger charge is -2.32. The Bertz CT molecular complexity index is 822. The zero-order valence-electron chi connectivity index (χ0n) is 21.1. The van der Waals surface area contributed by atoms with Gasteiger partial charge in [0.15, 0.2) is 0 Å². The quantitative estimate of drug-likeness (QED) is 0.197. The Kier molecular flexibility index (Phi) is 11.6. The number of anilines is 1. The van der Waals surface area contributed by atoms with E-state index in [1.165, 1.54) is 45.6 Å². The third kappa shape index (κ3) is 8.53. The van der Waals surface area contributed by atoms with Crippen LogP contribution in [0.15, 0.2) is 30.3 Å². The second-order valence-corrected chi connectivity index (χ2v) is 17.1. The van der Waals surface area contributed by atoms with Crippen LogP contribution in [0.4, 0.5) is 32.0 Å². The van der Waals surface area contributed by atoms with E-state index in [9.17, 15) is 31.1 Å². The number of methoxy groups -OCH3 is 1. The van der Waals surface area contributed by atoms with Gasteiger partial charge in [0, 0.05) is 54.8 Å². The monoisotopic (exact) mass is 565 g/mol. The number of hydrogen-bond donors (Lipinski definition) is 0. The predicted molar refractivity (Wildman–Crippen MR) is 125 cm³/mol. The van der Waals surface area contributed by atoms with Gasteiger partial charge in [0.25, 0.3) is 0 Å². The minimum atomic E-state index is -5.77. The molecule has 36 heavy (non-hydrogen) atoms. The molecule has 0 aromatic heterocycles. The number of ether oxygens (including phenoxy) is 2. The molecule has 7 nitrogen and oxygen atoms in total. The van der Waals surface area contributed by atoms with Crippen LogP contribution in [0.3, 0.4) is 0 Å². The van der Waals surface area contributed by atoms with Gasteiger partial charge >= 0.3 is 33.0 Å². The second kappa shape index (κ2) is 12.8. The van der Waals surface area contributed by atoms with Gasteiger partial charge in [-0.15, -0.1) is 0 Å². The van der Waals surface area contributed by atoms with E-state index in [1.807, 2.05) is 13.1 Å². The molecule has 1 amide bonds. The fourth-order valence-electron chi connectivity index (χ4n) is 3.38. The zero-order valence-corrected chi connectivity index (χ0v) is 23.1. The van der Waals surface area contributed by atoms with Gasteiger partial charge in [0.2, 0.25) is 0 Å². The summed E-state index contributed by atoms with van der Waals surface area (Å²) < 4.78 is 105. The van der Waals surface area contributed by atoms with Gasteiger partial charge in [-0.05, 0) is 18.6 Å². The average molecular weight is 566 g/mol. The molecule has 0 spiro atoms. The molecule has 0 atom stereocenters. The Morgan fingerprint density at radius 1 is 0.833 bits per heavy atom. The van der Waals surface area contributed by atoms with Gasteiger partial charge in [-0.1, -0.05) is 43.4 Å². The number of carbonyl (C=O) groups is 1. The normalized spacial score (nSPS) is 13.7. The molecule has 0 saturated carbocycles. The molecule has 15 heteroatoms. The lowest BCUT2D eigenvalue weighted by atomic mass is 10.2. The van der Waals surface area contributed by atoms with Crippen molar-refractivity contribution < 1.29 is 53.9 Å². The van der Waals surface area contributed by atoms with Crippen LogP contribution in [-0.4, -0.2) is 76.1 Å². The van der Waals surface area contributed by atoms with Crippen LogP contribution in [0.2, 0.25) is 31.2 Å². The summed E-state index contributed by atoms with van der Waals surface area (Å²) in [5.41, 5.74) is -0.0309. The molecular weight excluding hydrogens is 532 g/mol. The predicted octanol–water partition coefficient (Wildman–Crippen LogP) is 5.44. The summed E-state index contributed by atoms with van der Waals surface area (Å²) in [6, 6.07) is 8.90. The van der Waals surface area contributed by atoms with E-state index >= 15 is 0 Å². The summed E-state index contributed by atoms with van der Waals surface area (Å²) in [6.07, 6.45) is -16.2. The molecule has 208 valence electrons. The summed E-state index contributed by atoms with van der Waals surface area (Å²) in [5, 5.41) is 0. The minimum Gasteiger partial charge on any atom is -0.377 e. The molecule has 0 fully saturated rings. The van der Waals surface area contributed by atoms with Crippen LogP contribution in [0.5, 0.6) is 0 Å². The number of hydrogen-bond acceptors (Lipinski definition) is 6. The van der Waals surface area contributed by atoms with E-state index < -0.39 is 41.1 Å². The Hall–Kier alpha value is -1.50. The lowest BCUT2D eigenvalue weighted by Crippen LogP contribution is -2.54. The molecule has 0 aliphatic carbocycles. The summed E-state index contributed by atoms with van der Waals surface area (Å²) >= 11 is 0. The molecule has 0 N–H and O–H groups in total. The van der Waals surface area contributed by atoms with E-state index in [1.54, 1.807) is 6.07 Å². The second-order valence-electron chi connectivity index (χ2n) is 8.71. The molecule has 0 saturated heterocycles. The van der Waals surface area contributed by atoms with Gasteiger partial charge in [-0.3, -0.25) is 4.79 Å². The highest BCUT2D eigenvalue weighted by atomic mass is 28.4. The van der Waals surface area contributed by atoms with Crippen molar-refractivity contribution in [3.63, 3.8) is 0 Å². The highest BCUT2D eigenvalue weighted by Gasteiger charge is 2.65. The maximum Gasteiger partial charge on any atom is 0.499 e. The average Bonchev–Trinajstić information content (AvgIpc) is 2.82. The number of nitrogens with zero attached hydrogens (tertiary/aromatic N) is 1. The number of para-hydroxylation sites is 1. The first kappa shape index (κ1) is 32.5. The first-order valence-electron chi connectivity index (χ1n) is 10.9. The number of carbonyl (C=O) groups excluding carboxylic acids is 1. The number of alkyl halides is 6. The molecular formula is C21H33F6NO6Si2. The molecule has 0 bridgehead atoms. The summed E-state index contributed by atoms with van der Waals surface area (Å²) in [7, 11) is -0.123. The van der Waals surface area contributed by atoms with E-state index in [4.69, 9.17) is 13.3 Å². The van der Waals surface area contributed by atoms with Crippen molar-refractivity contribution >= 4 is 28.5 Å². The zero-order chi connectivity index (χ0) is 27.8. The Labute approximate surface area is 209 Å². The molecule has 1 rings (SSSR count). The van der Waals surface area contributed by atoms with E-state index in [2.05, 4.69) is 9.47 Å². The Morgan fingerprint density at radius 2 is 1.36 bits per heavy atom. The van der Waals surface area contributed by atoms with Crippen LogP contribution < -0.4 is 4.90 Å². The summed E-state index contributed by atoms with van der Waals surface area (Å²) in [4.78, 5) is 13.1. The van der Waals surface area contributed by atoms with E-state index in [-0.39, 0.29) is 25.8 Å². The van der Waals surface area contributed by atoms with Crippen LogP contribution in [0.25, 0.3) is 0 Å². The Balaban J connectivity index is 3.02. The molecule has 1 aromatic carbocycles. The molecule has 0 aliphatic rings.